The molecular weight excluding hydrogens is 304 g/mol. The number of aryl methyl sites for hydroxylation is 2. The molecule has 1 aliphatic rings. The van der Waals surface area contributed by atoms with Crippen LogP contribution < -0.4 is 0 Å². The fourth-order valence-corrected chi connectivity index (χ4v) is 3.92. The quantitative estimate of drug-likeness (QED) is 0.915. The average molecular weight is 329 g/mol. The van der Waals surface area contributed by atoms with Gasteiger partial charge in [0.05, 0.1) is 22.0 Å². The van der Waals surface area contributed by atoms with Crippen molar-refractivity contribution >= 4 is 15.9 Å². The van der Waals surface area contributed by atoms with Crippen LogP contribution in [0.25, 0.3) is 0 Å². The molecule has 1 fully saturated rings. The normalized spacial score (nSPS) is 23.8. The van der Waals surface area contributed by atoms with E-state index in [-0.39, 0.29) is 11.5 Å². The van der Waals surface area contributed by atoms with E-state index in [2.05, 4.69) is 41.8 Å². The van der Waals surface area contributed by atoms with Crippen LogP contribution in [0.5, 0.6) is 0 Å². The van der Waals surface area contributed by atoms with E-state index >= 15 is 0 Å². The van der Waals surface area contributed by atoms with Crippen molar-refractivity contribution < 1.29 is 5.11 Å². The molecule has 0 saturated heterocycles. The summed E-state index contributed by atoms with van der Waals surface area (Å²) in [6.07, 6.45) is 4.04. The Balaban J connectivity index is 2.17. The molecule has 1 N–H and O–H groups in total. The zero-order valence-corrected chi connectivity index (χ0v) is 14.0. The Bertz CT molecular complexity index is 453. The Hall–Kier alpha value is -0.350. The minimum Gasteiger partial charge on any atom is -0.392 e. The van der Waals surface area contributed by atoms with Crippen LogP contribution in [-0.2, 0) is 13.0 Å². The molecule has 2 atom stereocenters. The van der Waals surface area contributed by atoms with E-state index in [1.807, 2.05) is 11.6 Å². The van der Waals surface area contributed by atoms with Gasteiger partial charge >= 0.3 is 0 Å². The van der Waals surface area contributed by atoms with E-state index in [4.69, 9.17) is 0 Å². The standard InChI is InChI=1S/C15H25BrN2O/c1-5-18-12(14(16)10(2)17-18)9-13(19)11-7-6-8-15(11,3)4/h11,13,19H,5-9H2,1-4H3. The molecule has 1 heterocycles. The summed E-state index contributed by atoms with van der Waals surface area (Å²) in [6.45, 7) is 9.51. The molecule has 2 rings (SSSR count). The third-order valence-corrected chi connectivity index (χ3v) is 5.69. The molecule has 108 valence electrons. The monoisotopic (exact) mass is 328 g/mol. The van der Waals surface area contributed by atoms with Crippen molar-refractivity contribution in [1.29, 1.82) is 0 Å². The fourth-order valence-electron chi connectivity index (χ4n) is 3.47. The lowest BCUT2D eigenvalue weighted by Crippen LogP contribution is -2.32. The molecular formula is C15H25BrN2O. The highest BCUT2D eigenvalue weighted by molar-refractivity contribution is 9.10. The van der Waals surface area contributed by atoms with Crippen LogP contribution in [0.4, 0.5) is 0 Å². The lowest BCUT2D eigenvalue weighted by atomic mass is 9.77. The van der Waals surface area contributed by atoms with Crippen molar-refractivity contribution in [2.45, 2.75) is 66.0 Å². The average Bonchev–Trinajstić information content (AvgIpc) is 2.83. The number of nitrogens with zero attached hydrogens (tertiary/aromatic N) is 2. The third-order valence-electron chi connectivity index (χ3n) is 4.66. The molecule has 0 spiro atoms. The van der Waals surface area contributed by atoms with Crippen LogP contribution in [0.15, 0.2) is 4.47 Å². The molecule has 0 amide bonds. The van der Waals surface area contributed by atoms with Gasteiger partial charge in [-0.1, -0.05) is 20.3 Å². The van der Waals surface area contributed by atoms with Crippen LogP contribution in [0.3, 0.4) is 0 Å². The van der Waals surface area contributed by atoms with Crippen molar-refractivity contribution in [3.63, 3.8) is 0 Å². The highest BCUT2D eigenvalue weighted by atomic mass is 79.9. The zero-order valence-electron chi connectivity index (χ0n) is 12.4. The van der Waals surface area contributed by atoms with Crippen molar-refractivity contribution in [2.24, 2.45) is 11.3 Å². The van der Waals surface area contributed by atoms with Gasteiger partial charge in [0.1, 0.15) is 0 Å². The molecule has 1 saturated carbocycles. The van der Waals surface area contributed by atoms with Gasteiger partial charge in [-0.05, 0) is 54.0 Å². The van der Waals surface area contributed by atoms with Crippen molar-refractivity contribution in [1.82, 2.24) is 9.78 Å². The molecule has 0 radical (unpaired) electrons. The Morgan fingerprint density at radius 2 is 2.21 bits per heavy atom. The Labute approximate surface area is 124 Å². The minimum atomic E-state index is -0.268. The van der Waals surface area contributed by atoms with Crippen LogP contribution in [0.2, 0.25) is 0 Å². The predicted molar refractivity (Wildman–Crippen MR) is 81.2 cm³/mol. The number of hydrogen-bond acceptors (Lipinski definition) is 2. The molecule has 4 heteroatoms. The number of aromatic nitrogens is 2. The summed E-state index contributed by atoms with van der Waals surface area (Å²) in [5.41, 5.74) is 2.41. The van der Waals surface area contributed by atoms with Crippen molar-refractivity contribution in [3.8, 4) is 0 Å². The molecule has 0 aromatic carbocycles. The number of rotatable bonds is 4. The maximum atomic E-state index is 10.6. The molecule has 1 aromatic heterocycles. The summed E-state index contributed by atoms with van der Waals surface area (Å²) in [4.78, 5) is 0. The predicted octanol–water partition coefficient (Wildman–Crippen LogP) is 3.70. The second-order valence-corrected chi connectivity index (χ2v) is 7.21. The van der Waals surface area contributed by atoms with Crippen LogP contribution in [0, 0.1) is 18.3 Å². The fraction of sp³-hybridized carbons (Fsp3) is 0.800. The van der Waals surface area contributed by atoms with Gasteiger partial charge in [-0.3, -0.25) is 4.68 Å². The van der Waals surface area contributed by atoms with E-state index in [0.717, 1.165) is 28.8 Å². The topological polar surface area (TPSA) is 38.0 Å². The maximum Gasteiger partial charge on any atom is 0.0738 e. The Kier molecular flexibility index (Phi) is 4.41. The highest BCUT2D eigenvalue weighted by Gasteiger charge is 2.39. The van der Waals surface area contributed by atoms with Gasteiger partial charge in [-0.25, -0.2) is 0 Å². The minimum absolute atomic E-state index is 0.262. The first-order valence-corrected chi connectivity index (χ1v) is 8.06. The summed E-state index contributed by atoms with van der Waals surface area (Å²) >= 11 is 3.61. The van der Waals surface area contributed by atoms with Crippen molar-refractivity contribution in [2.75, 3.05) is 0 Å². The third kappa shape index (κ3) is 2.89. The van der Waals surface area contributed by atoms with Crippen LogP contribution in [-0.4, -0.2) is 21.0 Å². The molecule has 1 aliphatic carbocycles. The summed E-state index contributed by atoms with van der Waals surface area (Å²) in [5, 5.41) is 15.1. The first kappa shape index (κ1) is 15.0. The largest absolute Gasteiger partial charge is 0.392 e. The summed E-state index contributed by atoms with van der Waals surface area (Å²) in [7, 11) is 0. The smallest absolute Gasteiger partial charge is 0.0738 e. The second kappa shape index (κ2) is 5.57. The second-order valence-electron chi connectivity index (χ2n) is 6.42. The highest BCUT2D eigenvalue weighted by Crippen LogP contribution is 2.45. The first-order chi connectivity index (χ1) is 8.86. The van der Waals surface area contributed by atoms with E-state index in [1.54, 1.807) is 0 Å². The first-order valence-electron chi connectivity index (χ1n) is 7.26. The SMILES string of the molecule is CCn1nc(C)c(Br)c1CC(O)C1CCCC1(C)C. The zero-order chi connectivity index (χ0) is 14.2. The van der Waals surface area contributed by atoms with Crippen LogP contribution >= 0.6 is 15.9 Å². The van der Waals surface area contributed by atoms with Gasteiger partial charge in [0.25, 0.3) is 0 Å². The molecule has 0 aliphatic heterocycles. The van der Waals surface area contributed by atoms with E-state index < -0.39 is 0 Å². The Morgan fingerprint density at radius 1 is 1.53 bits per heavy atom. The number of halogens is 1. The van der Waals surface area contributed by atoms with Gasteiger partial charge in [0.2, 0.25) is 0 Å². The molecule has 2 unspecified atom stereocenters. The molecule has 0 bridgehead atoms. The number of aliphatic hydroxyl groups is 1. The summed E-state index contributed by atoms with van der Waals surface area (Å²) in [6, 6.07) is 0. The van der Waals surface area contributed by atoms with E-state index in [9.17, 15) is 5.11 Å². The molecule has 3 nitrogen and oxygen atoms in total. The number of aliphatic hydroxyl groups excluding tert-OH is 1. The van der Waals surface area contributed by atoms with E-state index in [0.29, 0.717) is 12.3 Å². The van der Waals surface area contributed by atoms with Gasteiger partial charge < -0.3 is 5.11 Å². The van der Waals surface area contributed by atoms with Crippen molar-refractivity contribution in [3.05, 3.63) is 15.9 Å². The maximum absolute atomic E-state index is 10.6. The van der Waals surface area contributed by atoms with Gasteiger partial charge in [0.15, 0.2) is 0 Å². The Morgan fingerprint density at radius 3 is 2.74 bits per heavy atom. The molecule has 19 heavy (non-hydrogen) atoms. The van der Waals surface area contributed by atoms with Gasteiger partial charge in [-0.2, -0.15) is 5.10 Å². The molecule has 1 aromatic rings. The van der Waals surface area contributed by atoms with E-state index in [1.165, 1.54) is 12.8 Å². The lowest BCUT2D eigenvalue weighted by molar-refractivity contribution is 0.0526. The summed E-state index contributed by atoms with van der Waals surface area (Å²) in [5.74, 6) is 0.403. The van der Waals surface area contributed by atoms with Crippen LogP contribution in [0.1, 0.15) is 51.4 Å². The number of hydrogen-bond donors (Lipinski definition) is 1. The lowest BCUT2D eigenvalue weighted by Gasteiger charge is -2.31. The van der Waals surface area contributed by atoms with Gasteiger partial charge in [0, 0.05) is 13.0 Å². The summed E-state index contributed by atoms with van der Waals surface area (Å²) < 4.78 is 3.06. The van der Waals surface area contributed by atoms with Gasteiger partial charge in [-0.15, -0.1) is 0 Å².